The van der Waals surface area contributed by atoms with Crippen molar-refractivity contribution < 1.29 is 17.0 Å². The average molecular weight is 334 g/mol. The van der Waals surface area contributed by atoms with Crippen LogP contribution in [0, 0.1) is 5.82 Å². The maximum atomic E-state index is 13.5. The monoisotopic (exact) mass is 334 g/mol. The van der Waals surface area contributed by atoms with E-state index in [9.17, 15) is 12.8 Å². The number of hydrogen-bond acceptors (Lipinski definition) is 6. The fraction of sp³-hybridized carbons (Fsp3) is 0.0714. The summed E-state index contributed by atoms with van der Waals surface area (Å²) in [5.74, 6) is -1.01. The molecule has 0 fully saturated rings. The average Bonchev–Trinajstić information content (AvgIpc) is 3.04. The quantitative estimate of drug-likeness (QED) is 0.660. The van der Waals surface area contributed by atoms with Gasteiger partial charge in [-0.25, -0.2) is 9.07 Å². The maximum absolute atomic E-state index is 13.5. The van der Waals surface area contributed by atoms with E-state index in [4.69, 9.17) is 4.18 Å². The Morgan fingerprint density at radius 1 is 1.09 bits per heavy atom. The molecule has 7 nitrogen and oxygen atoms in total. The van der Waals surface area contributed by atoms with Crippen LogP contribution in [0.1, 0.15) is 5.56 Å². The lowest BCUT2D eigenvalue weighted by Gasteiger charge is -2.08. The summed E-state index contributed by atoms with van der Waals surface area (Å²) in [7, 11) is -3.96. The molecule has 0 radical (unpaired) electrons. The van der Waals surface area contributed by atoms with E-state index in [1.54, 1.807) is 18.2 Å². The summed E-state index contributed by atoms with van der Waals surface area (Å²) >= 11 is 0. The molecule has 0 bridgehead atoms. The van der Waals surface area contributed by atoms with Gasteiger partial charge in [0.25, 0.3) is 0 Å². The predicted molar refractivity (Wildman–Crippen MR) is 78.8 cm³/mol. The summed E-state index contributed by atoms with van der Waals surface area (Å²) in [6, 6.07) is 11.8. The van der Waals surface area contributed by atoms with E-state index < -0.39 is 21.7 Å². The van der Waals surface area contributed by atoms with Crippen LogP contribution >= 0.6 is 0 Å². The van der Waals surface area contributed by atoms with Crippen LogP contribution in [0.5, 0.6) is 5.75 Å². The molecule has 0 amide bonds. The Morgan fingerprint density at radius 3 is 2.48 bits per heavy atom. The third kappa shape index (κ3) is 3.69. The molecule has 0 saturated carbocycles. The molecule has 3 aromatic rings. The zero-order chi connectivity index (χ0) is 16.3. The number of tetrazole rings is 1. The summed E-state index contributed by atoms with van der Waals surface area (Å²) < 4.78 is 43.9. The first-order chi connectivity index (χ1) is 11.0. The molecule has 0 spiro atoms. The van der Waals surface area contributed by atoms with Crippen molar-refractivity contribution in [1.82, 2.24) is 20.2 Å². The largest absolute Gasteiger partial charge is 0.382 e. The van der Waals surface area contributed by atoms with Gasteiger partial charge in [-0.15, -0.1) is 5.10 Å². The van der Waals surface area contributed by atoms with Gasteiger partial charge in [0.1, 0.15) is 23.6 Å². The molecule has 2 aromatic carbocycles. The first kappa shape index (κ1) is 15.1. The zero-order valence-corrected chi connectivity index (χ0v) is 12.5. The normalized spacial score (nSPS) is 11.3. The van der Waals surface area contributed by atoms with Gasteiger partial charge in [-0.05, 0) is 40.8 Å². The van der Waals surface area contributed by atoms with Crippen molar-refractivity contribution in [3.05, 3.63) is 66.2 Å². The Labute approximate surface area is 131 Å². The van der Waals surface area contributed by atoms with Crippen molar-refractivity contribution in [2.45, 2.75) is 5.75 Å². The van der Waals surface area contributed by atoms with Crippen LogP contribution in [0.15, 0.2) is 54.9 Å². The van der Waals surface area contributed by atoms with Gasteiger partial charge >= 0.3 is 10.1 Å². The van der Waals surface area contributed by atoms with Crippen molar-refractivity contribution in [2.75, 3.05) is 0 Å². The highest BCUT2D eigenvalue weighted by atomic mass is 32.2. The molecule has 23 heavy (non-hydrogen) atoms. The summed E-state index contributed by atoms with van der Waals surface area (Å²) in [4.78, 5) is 0. The van der Waals surface area contributed by atoms with Crippen LogP contribution in [0.3, 0.4) is 0 Å². The van der Waals surface area contributed by atoms with Gasteiger partial charge in [0.2, 0.25) is 0 Å². The van der Waals surface area contributed by atoms with Crippen molar-refractivity contribution in [1.29, 1.82) is 0 Å². The van der Waals surface area contributed by atoms with E-state index in [0.717, 1.165) is 0 Å². The molecule has 0 unspecified atom stereocenters. The molecule has 0 saturated heterocycles. The van der Waals surface area contributed by atoms with E-state index in [1.807, 2.05) is 0 Å². The van der Waals surface area contributed by atoms with E-state index in [2.05, 4.69) is 15.5 Å². The second-order valence-corrected chi connectivity index (χ2v) is 6.20. The lowest BCUT2D eigenvalue weighted by Crippen LogP contribution is -2.13. The van der Waals surface area contributed by atoms with Crippen LogP contribution in [0.25, 0.3) is 5.69 Å². The van der Waals surface area contributed by atoms with Crippen molar-refractivity contribution in [2.24, 2.45) is 0 Å². The second kappa shape index (κ2) is 6.13. The lowest BCUT2D eigenvalue weighted by molar-refractivity contribution is 0.483. The van der Waals surface area contributed by atoms with Crippen LogP contribution in [-0.2, 0) is 15.9 Å². The SMILES string of the molecule is O=S(=O)(Cc1ccccc1F)Oc1ccc(-n2cnnn2)cc1. The number of aromatic nitrogens is 4. The van der Waals surface area contributed by atoms with Crippen LogP contribution in [-0.4, -0.2) is 28.6 Å². The van der Waals surface area contributed by atoms with E-state index in [0.29, 0.717) is 5.69 Å². The minimum absolute atomic E-state index is 0.0535. The molecule has 0 aliphatic rings. The molecule has 118 valence electrons. The Balaban J connectivity index is 1.74. The van der Waals surface area contributed by atoms with Gasteiger partial charge in [0, 0.05) is 5.56 Å². The Bertz CT molecular complexity index is 896. The molecule has 0 N–H and O–H groups in total. The highest BCUT2D eigenvalue weighted by molar-refractivity contribution is 7.86. The van der Waals surface area contributed by atoms with E-state index >= 15 is 0 Å². The second-order valence-electron chi connectivity index (χ2n) is 4.63. The number of nitrogens with zero attached hydrogens (tertiary/aromatic N) is 4. The summed E-state index contributed by atoms with van der Waals surface area (Å²) in [5.41, 5.74) is 0.701. The third-order valence-electron chi connectivity index (χ3n) is 2.96. The van der Waals surface area contributed by atoms with Gasteiger partial charge < -0.3 is 4.18 Å². The van der Waals surface area contributed by atoms with Gasteiger partial charge in [-0.1, -0.05) is 18.2 Å². The topological polar surface area (TPSA) is 87.0 Å². The van der Waals surface area contributed by atoms with Crippen LogP contribution in [0.4, 0.5) is 4.39 Å². The maximum Gasteiger partial charge on any atom is 0.313 e. The molecule has 3 rings (SSSR count). The summed E-state index contributed by atoms with van der Waals surface area (Å²) in [5, 5.41) is 10.7. The number of hydrogen-bond donors (Lipinski definition) is 0. The minimum Gasteiger partial charge on any atom is -0.382 e. The lowest BCUT2D eigenvalue weighted by atomic mass is 10.2. The molecule has 1 aromatic heterocycles. The first-order valence-corrected chi connectivity index (χ1v) is 8.10. The van der Waals surface area contributed by atoms with Crippen molar-refractivity contribution in [3.8, 4) is 11.4 Å². The number of halogens is 1. The Kier molecular flexibility index (Phi) is 4.02. The molecule has 0 aliphatic heterocycles. The number of benzene rings is 2. The summed E-state index contributed by atoms with van der Waals surface area (Å²) in [6.45, 7) is 0. The number of rotatable bonds is 5. The van der Waals surface area contributed by atoms with Gasteiger partial charge in [-0.3, -0.25) is 0 Å². The van der Waals surface area contributed by atoms with E-state index in [-0.39, 0.29) is 11.3 Å². The smallest absolute Gasteiger partial charge is 0.313 e. The molecule has 0 aliphatic carbocycles. The first-order valence-electron chi connectivity index (χ1n) is 6.52. The standard InChI is InChI=1S/C14H11FN4O3S/c15-14-4-2-1-3-11(14)9-23(20,21)22-13-7-5-12(6-8-13)19-10-16-17-18-19/h1-8,10H,9H2. The molecular formula is C14H11FN4O3S. The molecule has 0 atom stereocenters. The van der Waals surface area contributed by atoms with Gasteiger partial charge in [0.15, 0.2) is 0 Å². The zero-order valence-electron chi connectivity index (χ0n) is 11.7. The van der Waals surface area contributed by atoms with Crippen molar-refractivity contribution >= 4 is 10.1 Å². The Morgan fingerprint density at radius 2 is 1.83 bits per heavy atom. The van der Waals surface area contributed by atoms with Crippen LogP contribution < -0.4 is 4.18 Å². The molecular weight excluding hydrogens is 323 g/mol. The fourth-order valence-corrected chi connectivity index (χ4v) is 2.99. The Hall–Kier alpha value is -2.81. The minimum atomic E-state index is -3.96. The van der Waals surface area contributed by atoms with Crippen LogP contribution in [0.2, 0.25) is 0 Å². The van der Waals surface area contributed by atoms with Crippen molar-refractivity contribution in [3.63, 3.8) is 0 Å². The summed E-state index contributed by atoms with van der Waals surface area (Å²) in [6.07, 6.45) is 1.41. The predicted octanol–water partition coefficient (Wildman–Crippen LogP) is 1.71. The van der Waals surface area contributed by atoms with E-state index in [1.165, 1.54) is 41.3 Å². The third-order valence-corrected chi connectivity index (χ3v) is 4.07. The highest BCUT2D eigenvalue weighted by Crippen LogP contribution is 2.19. The molecule has 9 heteroatoms. The molecule has 1 heterocycles. The highest BCUT2D eigenvalue weighted by Gasteiger charge is 2.16. The fourth-order valence-electron chi connectivity index (χ4n) is 1.92. The van der Waals surface area contributed by atoms with Gasteiger partial charge in [-0.2, -0.15) is 8.42 Å². The van der Waals surface area contributed by atoms with Gasteiger partial charge in [0.05, 0.1) is 5.69 Å².